The van der Waals surface area contributed by atoms with E-state index in [1.54, 1.807) is 0 Å². The number of hydrogen-bond acceptors (Lipinski definition) is 4. The van der Waals surface area contributed by atoms with Crippen LogP contribution in [0, 0.1) is 30.6 Å². The van der Waals surface area contributed by atoms with Gasteiger partial charge in [0.25, 0.3) is 0 Å². The Bertz CT molecular complexity index is 875. The highest BCUT2D eigenvalue weighted by atomic mass is 16.2. The van der Waals surface area contributed by atoms with Crippen molar-refractivity contribution in [3.8, 4) is 0 Å². The first-order valence-electron chi connectivity index (χ1n) is 12.2. The Morgan fingerprint density at radius 3 is 2.19 bits per heavy atom. The van der Waals surface area contributed by atoms with Gasteiger partial charge in [-0.05, 0) is 67.1 Å². The molecular weight excluding hydrogens is 400 g/mol. The fourth-order valence-corrected chi connectivity index (χ4v) is 6.25. The lowest BCUT2D eigenvalue weighted by Crippen LogP contribution is -2.53. The predicted octanol–water partition coefficient (Wildman–Crippen LogP) is 3.19. The van der Waals surface area contributed by atoms with Crippen LogP contribution in [0.15, 0.2) is 18.2 Å². The summed E-state index contributed by atoms with van der Waals surface area (Å²) in [4.78, 5) is 29.7. The van der Waals surface area contributed by atoms with E-state index in [0.29, 0.717) is 24.5 Å². The van der Waals surface area contributed by atoms with Gasteiger partial charge in [-0.1, -0.05) is 32.9 Å². The van der Waals surface area contributed by atoms with Crippen LogP contribution in [-0.4, -0.2) is 66.9 Å². The van der Waals surface area contributed by atoms with Gasteiger partial charge in [0.1, 0.15) is 0 Å². The maximum absolute atomic E-state index is 12.8. The second-order valence-electron chi connectivity index (χ2n) is 11.1. The number of rotatable bonds is 6. The van der Waals surface area contributed by atoms with Gasteiger partial charge in [-0.2, -0.15) is 0 Å². The first kappa shape index (κ1) is 23.2. The topological polar surface area (TPSA) is 64.7 Å². The highest BCUT2D eigenvalue weighted by Gasteiger charge is 2.61. The van der Waals surface area contributed by atoms with Crippen LogP contribution < -0.4 is 10.6 Å². The van der Waals surface area contributed by atoms with Crippen molar-refractivity contribution in [1.29, 1.82) is 0 Å². The highest BCUT2D eigenvalue weighted by Crippen LogP contribution is 2.65. The van der Waals surface area contributed by atoms with E-state index in [1.807, 2.05) is 19.1 Å². The third-order valence-corrected chi connectivity index (χ3v) is 9.21. The third-order valence-electron chi connectivity index (χ3n) is 9.21. The maximum Gasteiger partial charge on any atom is 0.238 e. The van der Waals surface area contributed by atoms with Gasteiger partial charge in [-0.15, -0.1) is 0 Å². The van der Waals surface area contributed by atoms with Crippen molar-refractivity contribution >= 4 is 17.5 Å². The van der Waals surface area contributed by atoms with Crippen molar-refractivity contribution in [3.63, 3.8) is 0 Å². The Balaban J connectivity index is 1.20. The molecule has 0 unspecified atom stereocenters. The Labute approximate surface area is 193 Å². The number of carbonyl (C=O) groups is 2. The number of nitrogens with zero attached hydrogens (tertiary/aromatic N) is 2. The Morgan fingerprint density at radius 1 is 1.00 bits per heavy atom. The summed E-state index contributed by atoms with van der Waals surface area (Å²) < 4.78 is 0. The van der Waals surface area contributed by atoms with E-state index in [2.05, 4.69) is 54.2 Å². The number of anilines is 1. The van der Waals surface area contributed by atoms with Crippen LogP contribution in [0.25, 0.3) is 0 Å². The van der Waals surface area contributed by atoms with Gasteiger partial charge >= 0.3 is 0 Å². The van der Waals surface area contributed by atoms with Gasteiger partial charge in [-0.3, -0.25) is 19.4 Å². The van der Waals surface area contributed by atoms with E-state index in [4.69, 9.17) is 0 Å². The molecule has 1 aromatic carbocycles. The fourth-order valence-electron chi connectivity index (χ4n) is 6.25. The third kappa shape index (κ3) is 4.32. The average molecular weight is 441 g/mol. The SMILES string of the molecule is Cc1cccc(NC(=O)CN2CCN(CC(=O)N[C@H]3C[C@H]4CC[C@@]3(C)C4(C)C)CC2)c1C. The molecule has 0 aromatic heterocycles. The first-order valence-corrected chi connectivity index (χ1v) is 12.2. The summed E-state index contributed by atoms with van der Waals surface area (Å²) >= 11 is 0. The van der Waals surface area contributed by atoms with E-state index in [1.165, 1.54) is 18.4 Å². The lowest BCUT2D eigenvalue weighted by Gasteiger charge is -2.40. The van der Waals surface area contributed by atoms with Crippen molar-refractivity contribution in [2.75, 3.05) is 44.6 Å². The monoisotopic (exact) mass is 440 g/mol. The van der Waals surface area contributed by atoms with E-state index < -0.39 is 0 Å². The molecule has 2 amide bonds. The minimum atomic E-state index is 0.0250. The quantitative estimate of drug-likeness (QED) is 0.713. The van der Waals surface area contributed by atoms with E-state index in [9.17, 15) is 9.59 Å². The van der Waals surface area contributed by atoms with E-state index in [0.717, 1.165) is 49.8 Å². The molecule has 3 atom stereocenters. The lowest BCUT2D eigenvalue weighted by atomic mass is 9.69. The summed E-state index contributed by atoms with van der Waals surface area (Å²) in [6.07, 6.45) is 3.64. The highest BCUT2D eigenvalue weighted by molar-refractivity contribution is 5.93. The van der Waals surface area contributed by atoms with Crippen LogP contribution in [0.1, 0.15) is 51.2 Å². The standard InChI is InChI=1S/C26H40N4O2/c1-18-7-6-8-21(19(18)2)27-23(31)16-29-11-13-30(14-12-29)17-24(32)28-22-15-20-9-10-26(22,5)25(20,3)4/h6-8,20,22H,9-17H2,1-5H3,(H,27,31)(H,28,32)/t20-,22+,26-/m1/s1. The fraction of sp³-hybridized carbons (Fsp3) is 0.692. The molecule has 3 aliphatic rings. The summed E-state index contributed by atoms with van der Waals surface area (Å²) in [5.74, 6) is 0.911. The van der Waals surface area contributed by atoms with E-state index >= 15 is 0 Å². The Kier molecular flexibility index (Phi) is 6.38. The zero-order valence-electron chi connectivity index (χ0n) is 20.5. The van der Waals surface area contributed by atoms with Gasteiger partial charge in [0, 0.05) is 37.9 Å². The van der Waals surface area contributed by atoms with Crippen molar-refractivity contribution in [2.24, 2.45) is 16.7 Å². The molecule has 32 heavy (non-hydrogen) atoms. The Hall–Kier alpha value is -1.92. The van der Waals surface area contributed by atoms with Gasteiger partial charge in [0.05, 0.1) is 13.1 Å². The predicted molar refractivity (Wildman–Crippen MR) is 129 cm³/mol. The van der Waals surface area contributed by atoms with Crippen molar-refractivity contribution in [2.45, 2.75) is 59.9 Å². The molecular formula is C26H40N4O2. The van der Waals surface area contributed by atoms with Crippen LogP contribution in [-0.2, 0) is 9.59 Å². The second-order valence-corrected chi connectivity index (χ2v) is 11.1. The summed E-state index contributed by atoms with van der Waals surface area (Å²) in [6, 6.07) is 6.28. The summed E-state index contributed by atoms with van der Waals surface area (Å²) in [5.41, 5.74) is 3.72. The molecule has 2 bridgehead atoms. The normalized spacial score (nSPS) is 29.8. The summed E-state index contributed by atoms with van der Waals surface area (Å²) in [5, 5.41) is 6.42. The van der Waals surface area contributed by atoms with Gasteiger partial charge < -0.3 is 10.6 Å². The summed E-state index contributed by atoms with van der Waals surface area (Å²) in [6.45, 7) is 15.3. The zero-order valence-corrected chi connectivity index (χ0v) is 20.5. The van der Waals surface area contributed by atoms with Crippen molar-refractivity contribution in [3.05, 3.63) is 29.3 Å². The first-order chi connectivity index (χ1) is 15.1. The number of carbonyl (C=O) groups excluding carboxylic acids is 2. The maximum atomic E-state index is 12.8. The minimum Gasteiger partial charge on any atom is -0.352 e. The average Bonchev–Trinajstić information content (AvgIpc) is 3.06. The smallest absolute Gasteiger partial charge is 0.238 e. The van der Waals surface area contributed by atoms with Crippen LogP contribution in [0.2, 0.25) is 0 Å². The van der Waals surface area contributed by atoms with Gasteiger partial charge in [0.2, 0.25) is 11.8 Å². The molecule has 6 heteroatoms. The molecule has 2 N–H and O–H groups in total. The number of aryl methyl sites for hydroxylation is 1. The van der Waals surface area contributed by atoms with Gasteiger partial charge in [-0.25, -0.2) is 0 Å². The molecule has 4 rings (SSSR count). The summed E-state index contributed by atoms with van der Waals surface area (Å²) in [7, 11) is 0. The molecule has 0 radical (unpaired) electrons. The van der Waals surface area contributed by atoms with Crippen LogP contribution in [0.4, 0.5) is 5.69 Å². The molecule has 1 aliphatic heterocycles. The molecule has 1 aromatic rings. The Morgan fingerprint density at radius 2 is 1.62 bits per heavy atom. The number of piperazine rings is 1. The number of amides is 2. The van der Waals surface area contributed by atoms with Crippen LogP contribution in [0.3, 0.4) is 0 Å². The molecule has 176 valence electrons. The molecule has 0 spiro atoms. The van der Waals surface area contributed by atoms with Crippen LogP contribution in [0.5, 0.6) is 0 Å². The molecule has 1 heterocycles. The second kappa shape index (κ2) is 8.79. The largest absolute Gasteiger partial charge is 0.352 e. The van der Waals surface area contributed by atoms with Crippen molar-refractivity contribution in [1.82, 2.24) is 15.1 Å². The van der Waals surface area contributed by atoms with Crippen LogP contribution >= 0.6 is 0 Å². The van der Waals surface area contributed by atoms with Crippen molar-refractivity contribution < 1.29 is 9.59 Å². The molecule has 3 fully saturated rings. The lowest BCUT2D eigenvalue weighted by molar-refractivity contribution is -0.125. The number of hydrogen-bond donors (Lipinski definition) is 2. The number of fused-ring (bicyclic) bond motifs is 2. The number of nitrogens with one attached hydrogen (secondary N) is 2. The minimum absolute atomic E-state index is 0.0250. The molecule has 6 nitrogen and oxygen atoms in total. The number of benzene rings is 1. The molecule has 2 aliphatic carbocycles. The van der Waals surface area contributed by atoms with E-state index in [-0.39, 0.29) is 17.2 Å². The molecule has 1 saturated heterocycles. The zero-order chi connectivity index (χ0) is 23.1. The molecule has 2 saturated carbocycles. The van der Waals surface area contributed by atoms with Gasteiger partial charge in [0.15, 0.2) is 0 Å².